The van der Waals surface area contributed by atoms with Crippen LogP contribution in [0.4, 0.5) is 5.69 Å². The van der Waals surface area contributed by atoms with E-state index in [4.69, 9.17) is 5.11 Å². The van der Waals surface area contributed by atoms with Crippen LogP contribution in [0.1, 0.15) is 67.8 Å². The van der Waals surface area contributed by atoms with Gasteiger partial charge >= 0.3 is 5.97 Å². The van der Waals surface area contributed by atoms with Crippen LogP contribution in [0.3, 0.4) is 0 Å². The molecule has 0 bridgehead atoms. The second-order valence-corrected chi connectivity index (χ2v) is 8.79. The predicted molar refractivity (Wildman–Crippen MR) is 132 cm³/mol. The number of rotatable bonds is 11. The molecule has 3 aromatic rings. The summed E-state index contributed by atoms with van der Waals surface area (Å²) in [5.74, 6) is -1.29. The number of carbonyl (C=O) groups excluding carboxylic acids is 1. The van der Waals surface area contributed by atoms with E-state index in [1.807, 2.05) is 36.7 Å². The fraction of sp³-hybridized carbons (Fsp3) is 0.333. The number of aryl methyl sites for hydroxylation is 1. The molecular weight excluding hydrogens is 432 g/mol. The molecule has 0 atom stereocenters. The number of aromatic nitrogens is 1. The number of anilines is 1. The van der Waals surface area contributed by atoms with Crippen molar-refractivity contribution in [1.29, 1.82) is 0 Å². The molecule has 1 aromatic heterocycles. The van der Waals surface area contributed by atoms with E-state index < -0.39 is 5.97 Å². The first kappa shape index (κ1) is 24.9. The van der Waals surface area contributed by atoms with Gasteiger partial charge in [-0.3, -0.25) is 9.59 Å². The third-order valence-electron chi connectivity index (χ3n) is 5.81. The van der Waals surface area contributed by atoms with Gasteiger partial charge in [-0.15, -0.1) is 0 Å². The second kappa shape index (κ2) is 11.4. The summed E-state index contributed by atoms with van der Waals surface area (Å²) in [7, 11) is 0. The van der Waals surface area contributed by atoms with E-state index in [2.05, 4.69) is 5.32 Å². The lowest BCUT2D eigenvalue weighted by atomic mass is 9.95. The molecule has 0 saturated carbocycles. The van der Waals surface area contributed by atoms with Gasteiger partial charge in [0.05, 0.1) is 5.56 Å². The van der Waals surface area contributed by atoms with E-state index in [0.29, 0.717) is 28.8 Å². The Kier molecular flexibility index (Phi) is 8.35. The Hall–Kier alpha value is -3.74. The number of carboxylic acids is 1. The number of hydrogen-bond donors (Lipinski definition) is 4. The molecule has 1 heterocycles. The minimum absolute atomic E-state index is 0.156. The third-order valence-corrected chi connectivity index (χ3v) is 5.81. The summed E-state index contributed by atoms with van der Waals surface area (Å²) in [5, 5.41) is 32.3. The Bertz CT molecular complexity index is 1150. The zero-order chi connectivity index (χ0) is 24.7. The Morgan fingerprint density at radius 2 is 1.71 bits per heavy atom. The topological polar surface area (TPSA) is 112 Å². The molecule has 1 amide bonds. The summed E-state index contributed by atoms with van der Waals surface area (Å²) in [6, 6.07) is 12.3. The smallest absolute Gasteiger partial charge is 0.303 e. The van der Waals surface area contributed by atoms with Gasteiger partial charge in [-0.1, -0.05) is 44.9 Å². The number of nitrogens with zero attached hydrogens (tertiary/aromatic N) is 1. The highest BCUT2D eigenvalue weighted by molar-refractivity contribution is 6.06. The van der Waals surface area contributed by atoms with Crippen molar-refractivity contribution in [3.63, 3.8) is 0 Å². The first-order valence-corrected chi connectivity index (χ1v) is 11.6. The first-order chi connectivity index (χ1) is 16.3. The van der Waals surface area contributed by atoms with Crippen molar-refractivity contribution < 1.29 is 24.9 Å². The molecule has 0 fully saturated rings. The van der Waals surface area contributed by atoms with Gasteiger partial charge in [-0.05, 0) is 48.6 Å². The number of benzene rings is 2. The molecule has 0 spiro atoms. The number of aromatic hydroxyl groups is 2. The van der Waals surface area contributed by atoms with Crippen LogP contribution in [0.2, 0.25) is 0 Å². The van der Waals surface area contributed by atoms with Crippen molar-refractivity contribution in [2.45, 2.75) is 58.4 Å². The molecule has 34 heavy (non-hydrogen) atoms. The molecule has 0 aliphatic heterocycles. The Labute approximate surface area is 199 Å². The van der Waals surface area contributed by atoms with Gasteiger partial charge < -0.3 is 25.2 Å². The average molecular weight is 465 g/mol. The number of amides is 1. The van der Waals surface area contributed by atoms with Gasteiger partial charge in [0.15, 0.2) is 11.5 Å². The lowest BCUT2D eigenvalue weighted by Gasteiger charge is -2.15. The SMILES string of the molecule is CC(C)c1cc(O)c(O)c(-c2ccccc2NC(=O)c2ccn(CCCCCCC(=O)O)c2)c1. The zero-order valence-electron chi connectivity index (χ0n) is 19.6. The summed E-state index contributed by atoms with van der Waals surface area (Å²) in [6.45, 7) is 4.76. The maximum atomic E-state index is 12.9. The minimum Gasteiger partial charge on any atom is -0.504 e. The van der Waals surface area contributed by atoms with Crippen LogP contribution in [0, 0.1) is 0 Å². The number of aliphatic carboxylic acids is 1. The van der Waals surface area contributed by atoms with Crippen molar-refractivity contribution in [2.75, 3.05) is 5.32 Å². The van der Waals surface area contributed by atoms with Crippen molar-refractivity contribution >= 4 is 17.6 Å². The van der Waals surface area contributed by atoms with Crippen molar-refractivity contribution in [2.24, 2.45) is 0 Å². The maximum Gasteiger partial charge on any atom is 0.303 e. The minimum atomic E-state index is -0.762. The van der Waals surface area contributed by atoms with Crippen LogP contribution in [-0.2, 0) is 11.3 Å². The predicted octanol–water partition coefficient (Wildman–Crippen LogP) is 5.98. The van der Waals surface area contributed by atoms with Crippen LogP contribution in [-0.4, -0.2) is 31.8 Å². The molecule has 2 aromatic carbocycles. The standard InChI is InChI=1S/C27H32N2O5/c1-18(2)20-15-22(26(33)24(30)16-20)21-9-6-7-10-23(21)28-27(34)19-12-14-29(17-19)13-8-4-3-5-11-25(31)32/h6-7,9-10,12,14-18,30,33H,3-5,8,11,13H2,1-2H3,(H,28,34)(H,31,32). The summed E-state index contributed by atoms with van der Waals surface area (Å²) < 4.78 is 1.95. The average Bonchev–Trinajstić information content (AvgIpc) is 3.27. The molecule has 3 rings (SSSR count). The van der Waals surface area contributed by atoms with Crippen LogP contribution < -0.4 is 5.32 Å². The van der Waals surface area contributed by atoms with E-state index >= 15 is 0 Å². The van der Waals surface area contributed by atoms with Crippen LogP contribution >= 0.6 is 0 Å². The number of carboxylic acid groups (broad SMARTS) is 1. The molecule has 4 N–H and O–H groups in total. The van der Waals surface area contributed by atoms with Crippen LogP contribution in [0.15, 0.2) is 54.9 Å². The number of phenolic OH excluding ortho intramolecular Hbond substituents is 2. The highest BCUT2D eigenvalue weighted by atomic mass is 16.4. The van der Waals surface area contributed by atoms with Crippen molar-refractivity contribution in [1.82, 2.24) is 4.57 Å². The third kappa shape index (κ3) is 6.41. The van der Waals surface area contributed by atoms with E-state index in [1.54, 1.807) is 36.5 Å². The fourth-order valence-electron chi connectivity index (χ4n) is 3.84. The molecule has 0 unspecified atom stereocenters. The highest BCUT2D eigenvalue weighted by Gasteiger charge is 2.17. The summed E-state index contributed by atoms with van der Waals surface area (Å²) >= 11 is 0. The maximum absolute atomic E-state index is 12.9. The van der Waals surface area contributed by atoms with Crippen molar-refractivity contribution in [3.05, 3.63) is 66.0 Å². The molecule has 0 aliphatic rings. The number of hydrogen-bond acceptors (Lipinski definition) is 4. The lowest BCUT2D eigenvalue weighted by Crippen LogP contribution is -2.12. The van der Waals surface area contributed by atoms with Crippen LogP contribution in [0.5, 0.6) is 11.5 Å². The van der Waals surface area contributed by atoms with Crippen molar-refractivity contribution in [3.8, 4) is 22.6 Å². The molecule has 0 radical (unpaired) electrons. The molecular formula is C27H32N2O5. The van der Waals surface area contributed by atoms with E-state index in [0.717, 1.165) is 31.4 Å². The fourth-order valence-corrected chi connectivity index (χ4v) is 3.84. The summed E-state index contributed by atoms with van der Waals surface area (Å²) in [5.41, 5.74) is 3.01. The monoisotopic (exact) mass is 464 g/mol. The molecule has 7 nitrogen and oxygen atoms in total. The van der Waals surface area contributed by atoms with Gasteiger partial charge in [0.25, 0.3) is 5.91 Å². The summed E-state index contributed by atoms with van der Waals surface area (Å²) in [4.78, 5) is 23.5. The lowest BCUT2D eigenvalue weighted by molar-refractivity contribution is -0.137. The van der Waals surface area contributed by atoms with E-state index in [1.165, 1.54) is 0 Å². The quantitative estimate of drug-likeness (QED) is 0.206. The Balaban J connectivity index is 1.69. The number of phenols is 2. The number of para-hydroxylation sites is 1. The largest absolute Gasteiger partial charge is 0.504 e. The van der Waals surface area contributed by atoms with Gasteiger partial charge in [0.1, 0.15) is 0 Å². The molecule has 7 heteroatoms. The van der Waals surface area contributed by atoms with Crippen LogP contribution in [0.25, 0.3) is 11.1 Å². The van der Waals surface area contributed by atoms with E-state index in [-0.39, 0.29) is 29.7 Å². The Morgan fingerprint density at radius 1 is 0.971 bits per heavy atom. The zero-order valence-corrected chi connectivity index (χ0v) is 19.6. The van der Waals surface area contributed by atoms with Gasteiger partial charge in [-0.2, -0.15) is 0 Å². The van der Waals surface area contributed by atoms with Gasteiger partial charge in [0, 0.05) is 42.2 Å². The number of unbranched alkanes of at least 4 members (excludes halogenated alkanes) is 3. The highest BCUT2D eigenvalue weighted by Crippen LogP contribution is 2.42. The summed E-state index contributed by atoms with van der Waals surface area (Å²) in [6.07, 6.45) is 7.25. The van der Waals surface area contributed by atoms with Gasteiger partial charge in [0.2, 0.25) is 0 Å². The molecule has 0 saturated heterocycles. The molecule has 180 valence electrons. The molecule has 0 aliphatic carbocycles. The van der Waals surface area contributed by atoms with Gasteiger partial charge in [-0.25, -0.2) is 0 Å². The number of carbonyl (C=O) groups is 2. The van der Waals surface area contributed by atoms with E-state index in [9.17, 15) is 19.8 Å². The number of nitrogens with one attached hydrogen (secondary N) is 1. The second-order valence-electron chi connectivity index (χ2n) is 8.79. The first-order valence-electron chi connectivity index (χ1n) is 11.6. The normalized spacial score (nSPS) is 11.0. The Morgan fingerprint density at radius 3 is 2.44 bits per heavy atom.